The van der Waals surface area contributed by atoms with Crippen molar-refractivity contribution in [3.8, 4) is 5.75 Å². The predicted molar refractivity (Wildman–Crippen MR) is 93.6 cm³/mol. The third-order valence-electron chi connectivity index (χ3n) is 4.94. The molecule has 0 bridgehead atoms. The summed E-state index contributed by atoms with van der Waals surface area (Å²) in [5.41, 5.74) is 3.17. The van der Waals surface area contributed by atoms with Crippen LogP contribution in [0.5, 0.6) is 5.75 Å². The molecule has 3 aromatic rings. The van der Waals surface area contributed by atoms with Gasteiger partial charge in [0.15, 0.2) is 0 Å². The van der Waals surface area contributed by atoms with Gasteiger partial charge in [0.2, 0.25) is 0 Å². The normalized spacial score (nSPS) is 17.2. The van der Waals surface area contributed by atoms with E-state index in [1.54, 1.807) is 24.3 Å². The molecule has 2 N–H and O–H groups in total. The molecule has 0 saturated carbocycles. The van der Waals surface area contributed by atoms with Gasteiger partial charge in [0, 0.05) is 17.1 Å². The molecule has 0 radical (unpaired) electrons. The van der Waals surface area contributed by atoms with Crippen LogP contribution in [-0.4, -0.2) is 28.1 Å². The van der Waals surface area contributed by atoms with E-state index in [1.807, 2.05) is 18.3 Å². The van der Waals surface area contributed by atoms with Crippen LogP contribution in [0.15, 0.2) is 48.7 Å². The zero-order valence-corrected chi connectivity index (χ0v) is 13.5. The van der Waals surface area contributed by atoms with E-state index in [-0.39, 0.29) is 17.6 Å². The van der Waals surface area contributed by atoms with Gasteiger partial charge < -0.3 is 10.1 Å². The molecule has 24 heavy (non-hydrogen) atoms. The molecule has 3 nitrogen and oxygen atoms in total. The highest BCUT2D eigenvalue weighted by molar-refractivity contribution is 5.84. The third-order valence-corrected chi connectivity index (χ3v) is 4.94. The lowest BCUT2D eigenvalue weighted by Gasteiger charge is -2.35. The smallest absolute Gasteiger partial charge is 0.123 e. The number of nitrogens with zero attached hydrogens (tertiary/aromatic N) is 1. The minimum atomic E-state index is -0.216. The summed E-state index contributed by atoms with van der Waals surface area (Å²) in [6, 6.07) is 12.3. The van der Waals surface area contributed by atoms with E-state index in [0.29, 0.717) is 0 Å². The monoisotopic (exact) mass is 324 g/mol. The van der Waals surface area contributed by atoms with Crippen molar-refractivity contribution in [2.24, 2.45) is 0 Å². The van der Waals surface area contributed by atoms with E-state index >= 15 is 0 Å². The molecular weight excluding hydrogens is 303 g/mol. The van der Waals surface area contributed by atoms with E-state index < -0.39 is 0 Å². The number of fused-ring (bicyclic) bond motifs is 1. The fourth-order valence-corrected chi connectivity index (χ4v) is 3.76. The van der Waals surface area contributed by atoms with Gasteiger partial charge in [0.25, 0.3) is 0 Å². The first kappa shape index (κ1) is 15.2. The fourth-order valence-electron chi connectivity index (χ4n) is 3.76. The number of aromatic amines is 1. The molecule has 2 heterocycles. The zero-order valence-electron chi connectivity index (χ0n) is 13.5. The van der Waals surface area contributed by atoms with Crippen molar-refractivity contribution in [2.75, 3.05) is 13.1 Å². The average molecular weight is 324 g/mol. The summed E-state index contributed by atoms with van der Waals surface area (Å²) in [4.78, 5) is 5.74. The summed E-state index contributed by atoms with van der Waals surface area (Å²) in [6.45, 7) is 2.07. The molecule has 4 heteroatoms. The third kappa shape index (κ3) is 2.78. The highest BCUT2D eigenvalue weighted by atomic mass is 19.1. The van der Waals surface area contributed by atoms with Gasteiger partial charge in [-0.25, -0.2) is 4.39 Å². The van der Waals surface area contributed by atoms with Crippen LogP contribution in [0, 0.1) is 5.82 Å². The van der Waals surface area contributed by atoms with E-state index in [1.165, 1.54) is 25.3 Å². The highest BCUT2D eigenvalue weighted by Gasteiger charge is 2.26. The Labute approximate surface area is 140 Å². The van der Waals surface area contributed by atoms with E-state index in [4.69, 9.17) is 0 Å². The molecule has 1 aromatic heterocycles. The Bertz CT molecular complexity index is 834. The standard InChI is InChI=1S/C20H21FN2O/c21-15-6-9-19-17(12-15)18(13-22-19)20(23-10-2-1-3-11-23)14-4-7-16(24)8-5-14/h4-9,12-13,20,22,24H,1-3,10-11H2. The number of hydrogen-bond donors (Lipinski definition) is 2. The molecule has 0 aliphatic carbocycles. The summed E-state index contributed by atoms with van der Waals surface area (Å²) >= 11 is 0. The topological polar surface area (TPSA) is 39.3 Å². The first-order valence-corrected chi connectivity index (χ1v) is 8.52. The quantitative estimate of drug-likeness (QED) is 0.740. The molecule has 2 aromatic carbocycles. The molecule has 0 amide bonds. The second-order valence-electron chi connectivity index (χ2n) is 6.52. The van der Waals surface area contributed by atoms with E-state index in [0.717, 1.165) is 35.1 Å². The van der Waals surface area contributed by atoms with Crippen LogP contribution in [-0.2, 0) is 0 Å². The Balaban J connectivity index is 1.84. The summed E-state index contributed by atoms with van der Waals surface area (Å²) in [5.74, 6) is 0.0487. The van der Waals surface area contributed by atoms with Crippen LogP contribution in [0.1, 0.15) is 36.4 Å². The maximum Gasteiger partial charge on any atom is 0.123 e. The minimum absolute atomic E-state index is 0.0708. The second kappa shape index (κ2) is 6.29. The first-order valence-electron chi connectivity index (χ1n) is 8.52. The number of piperidine rings is 1. The van der Waals surface area contributed by atoms with Gasteiger partial charge in [-0.15, -0.1) is 0 Å². The number of H-pyrrole nitrogens is 1. The summed E-state index contributed by atoms with van der Waals surface area (Å²) in [7, 11) is 0. The predicted octanol–water partition coefficient (Wildman–Crippen LogP) is 4.59. The molecule has 1 unspecified atom stereocenters. The molecular formula is C20H21FN2O. The maximum atomic E-state index is 13.8. The van der Waals surface area contributed by atoms with Gasteiger partial charge in [-0.2, -0.15) is 0 Å². The molecule has 4 rings (SSSR count). The number of phenolic OH excluding ortho intramolecular Hbond substituents is 1. The second-order valence-corrected chi connectivity index (χ2v) is 6.52. The molecule has 0 spiro atoms. The molecule has 1 aliphatic rings. The van der Waals surface area contributed by atoms with Crippen LogP contribution >= 0.6 is 0 Å². The molecule has 1 saturated heterocycles. The Morgan fingerprint density at radius 2 is 1.75 bits per heavy atom. The highest BCUT2D eigenvalue weighted by Crippen LogP contribution is 2.36. The first-order chi connectivity index (χ1) is 11.7. The number of hydrogen-bond acceptors (Lipinski definition) is 2. The van der Waals surface area contributed by atoms with E-state index in [2.05, 4.69) is 9.88 Å². The van der Waals surface area contributed by atoms with Crippen molar-refractivity contribution in [1.29, 1.82) is 0 Å². The Kier molecular flexibility index (Phi) is 3.98. The maximum absolute atomic E-state index is 13.8. The SMILES string of the molecule is Oc1ccc(C(c2c[nH]c3ccc(F)cc23)N2CCCCC2)cc1. The zero-order chi connectivity index (χ0) is 16.5. The Morgan fingerprint density at radius 3 is 2.50 bits per heavy atom. The number of halogens is 1. The van der Waals surface area contributed by atoms with Gasteiger partial charge in [-0.05, 0) is 67.4 Å². The van der Waals surface area contributed by atoms with Gasteiger partial charge in [-0.3, -0.25) is 4.90 Å². The molecule has 1 fully saturated rings. The number of aromatic hydroxyl groups is 1. The summed E-state index contributed by atoms with van der Waals surface area (Å²) in [5, 5.41) is 10.5. The number of nitrogens with one attached hydrogen (secondary N) is 1. The largest absolute Gasteiger partial charge is 0.508 e. The summed E-state index contributed by atoms with van der Waals surface area (Å²) in [6.07, 6.45) is 5.63. The fraction of sp³-hybridized carbons (Fsp3) is 0.300. The number of benzene rings is 2. The van der Waals surface area contributed by atoms with Crippen LogP contribution in [0.3, 0.4) is 0 Å². The van der Waals surface area contributed by atoms with Gasteiger partial charge in [0.05, 0.1) is 6.04 Å². The van der Waals surface area contributed by atoms with Crippen molar-refractivity contribution < 1.29 is 9.50 Å². The Morgan fingerprint density at radius 1 is 1.00 bits per heavy atom. The lowest BCUT2D eigenvalue weighted by molar-refractivity contribution is 0.188. The van der Waals surface area contributed by atoms with E-state index in [9.17, 15) is 9.50 Å². The van der Waals surface area contributed by atoms with Crippen molar-refractivity contribution in [1.82, 2.24) is 9.88 Å². The van der Waals surface area contributed by atoms with Crippen molar-refractivity contribution >= 4 is 10.9 Å². The van der Waals surface area contributed by atoms with Gasteiger partial charge >= 0.3 is 0 Å². The van der Waals surface area contributed by atoms with Crippen LogP contribution in [0.25, 0.3) is 10.9 Å². The van der Waals surface area contributed by atoms with Crippen molar-refractivity contribution in [3.05, 3.63) is 65.6 Å². The van der Waals surface area contributed by atoms with Crippen molar-refractivity contribution in [2.45, 2.75) is 25.3 Å². The lowest BCUT2D eigenvalue weighted by Crippen LogP contribution is -2.34. The number of phenols is 1. The van der Waals surface area contributed by atoms with Gasteiger partial charge in [0.1, 0.15) is 11.6 Å². The lowest BCUT2D eigenvalue weighted by atomic mass is 9.94. The van der Waals surface area contributed by atoms with Crippen LogP contribution in [0.2, 0.25) is 0 Å². The van der Waals surface area contributed by atoms with Crippen LogP contribution in [0.4, 0.5) is 4.39 Å². The average Bonchev–Trinajstić information content (AvgIpc) is 3.01. The molecule has 124 valence electrons. The number of likely N-dealkylation sites (tertiary alicyclic amines) is 1. The van der Waals surface area contributed by atoms with Crippen molar-refractivity contribution in [3.63, 3.8) is 0 Å². The summed E-state index contributed by atoms with van der Waals surface area (Å²) < 4.78 is 13.8. The van der Waals surface area contributed by atoms with Gasteiger partial charge in [-0.1, -0.05) is 18.6 Å². The van der Waals surface area contributed by atoms with Crippen LogP contribution < -0.4 is 0 Å². The minimum Gasteiger partial charge on any atom is -0.508 e. The molecule has 1 aliphatic heterocycles. The molecule has 1 atom stereocenters. The number of aromatic nitrogens is 1. The Hall–Kier alpha value is -2.33. The number of rotatable bonds is 3.